The van der Waals surface area contributed by atoms with Crippen molar-refractivity contribution in [3.05, 3.63) is 58.1 Å². The lowest BCUT2D eigenvalue weighted by Crippen LogP contribution is -2.37. The summed E-state index contributed by atoms with van der Waals surface area (Å²) in [6, 6.07) is 10.0. The first-order chi connectivity index (χ1) is 12.7. The summed E-state index contributed by atoms with van der Waals surface area (Å²) in [7, 11) is 1.27. The van der Waals surface area contributed by atoms with Crippen LogP contribution in [0.15, 0.2) is 36.4 Å². The Morgan fingerprint density at radius 2 is 1.85 bits per heavy atom. The molecular formula is C20H21ClN2O4. The van der Waals surface area contributed by atoms with E-state index in [-0.39, 0.29) is 28.7 Å². The van der Waals surface area contributed by atoms with Gasteiger partial charge in [0.2, 0.25) is 11.8 Å². The lowest BCUT2D eigenvalue weighted by Gasteiger charge is -2.23. The Bertz CT molecular complexity index is 896. The maximum absolute atomic E-state index is 12.5. The molecule has 0 aromatic heterocycles. The van der Waals surface area contributed by atoms with Crippen LogP contribution in [0.2, 0.25) is 5.02 Å². The average molecular weight is 389 g/mol. The standard InChI is InChI=1S/C20H21ClN2O4/c1-12-6-5-7-18(13(12)2)23(14(3)24)11-19(25)22-17-10-15(20(26)27-4)8-9-16(17)21/h5-10H,11H2,1-4H3,(H,22,25). The molecule has 0 unspecified atom stereocenters. The van der Waals surface area contributed by atoms with E-state index in [0.717, 1.165) is 11.1 Å². The molecule has 0 spiro atoms. The van der Waals surface area contributed by atoms with Gasteiger partial charge in [-0.25, -0.2) is 4.79 Å². The molecule has 6 nitrogen and oxygen atoms in total. The average Bonchev–Trinajstić information content (AvgIpc) is 2.63. The summed E-state index contributed by atoms with van der Waals surface area (Å²) < 4.78 is 4.67. The monoisotopic (exact) mass is 388 g/mol. The minimum absolute atomic E-state index is 0.182. The Kier molecular flexibility index (Phi) is 6.58. The van der Waals surface area contributed by atoms with Crippen molar-refractivity contribution in [2.75, 3.05) is 23.9 Å². The molecule has 0 saturated heterocycles. The molecule has 2 rings (SSSR count). The van der Waals surface area contributed by atoms with E-state index >= 15 is 0 Å². The lowest BCUT2D eigenvalue weighted by atomic mass is 10.1. The minimum atomic E-state index is -0.539. The fraction of sp³-hybridized carbons (Fsp3) is 0.250. The summed E-state index contributed by atoms with van der Waals surface area (Å²) in [6.07, 6.45) is 0. The molecule has 27 heavy (non-hydrogen) atoms. The van der Waals surface area contributed by atoms with Crippen molar-refractivity contribution in [2.45, 2.75) is 20.8 Å². The molecular weight excluding hydrogens is 368 g/mol. The van der Waals surface area contributed by atoms with Crippen LogP contribution in [0.3, 0.4) is 0 Å². The molecule has 0 heterocycles. The van der Waals surface area contributed by atoms with E-state index in [1.807, 2.05) is 26.0 Å². The largest absolute Gasteiger partial charge is 0.465 e. The first-order valence-corrected chi connectivity index (χ1v) is 8.64. The number of hydrogen-bond donors (Lipinski definition) is 1. The van der Waals surface area contributed by atoms with Gasteiger partial charge in [-0.05, 0) is 49.2 Å². The molecule has 1 N–H and O–H groups in total. The number of esters is 1. The predicted molar refractivity (Wildman–Crippen MR) is 105 cm³/mol. The zero-order chi connectivity index (χ0) is 20.1. The van der Waals surface area contributed by atoms with Crippen molar-refractivity contribution < 1.29 is 19.1 Å². The van der Waals surface area contributed by atoms with Gasteiger partial charge in [0.25, 0.3) is 0 Å². The second-order valence-electron chi connectivity index (χ2n) is 6.06. The van der Waals surface area contributed by atoms with Gasteiger partial charge in [-0.15, -0.1) is 0 Å². The third kappa shape index (κ3) is 4.86. The lowest BCUT2D eigenvalue weighted by molar-refractivity contribution is -0.120. The van der Waals surface area contributed by atoms with E-state index < -0.39 is 11.9 Å². The topological polar surface area (TPSA) is 75.7 Å². The van der Waals surface area contributed by atoms with Gasteiger partial charge in [-0.1, -0.05) is 23.7 Å². The molecule has 7 heteroatoms. The molecule has 0 aliphatic heterocycles. The van der Waals surface area contributed by atoms with E-state index in [1.165, 1.54) is 37.1 Å². The van der Waals surface area contributed by atoms with Crippen LogP contribution in [0.4, 0.5) is 11.4 Å². The quantitative estimate of drug-likeness (QED) is 0.792. The third-order valence-electron chi connectivity index (χ3n) is 4.21. The highest BCUT2D eigenvalue weighted by atomic mass is 35.5. The summed E-state index contributed by atoms with van der Waals surface area (Å²) in [6.45, 7) is 5.06. The van der Waals surface area contributed by atoms with Gasteiger partial charge in [-0.2, -0.15) is 0 Å². The number of hydrogen-bond acceptors (Lipinski definition) is 4. The third-order valence-corrected chi connectivity index (χ3v) is 4.54. The van der Waals surface area contributed by atoms with Gasteiger partial charge < -0.3 is 15.0 Å². The Morgan fingerprint density at radius 3 is 2.48 bits per heavy atom. The number of methoxy groups -OCH3 is 1. The number of amides is 2. The van der Waals surface area contributed by atoms with Gasteiger partial charge in [-0.3, -0.25) is 9.59 Å². The van der Waals surface area contributed by atoms with E-state index in [1.54, 1.807) is 6.07 Å². The van der Waals surface area contributed by atoms with E-state index in [4.69, 9.17) is 11.6 Å². The number of carbonyl (C=O) groups is 3. The molecule has 0 radical (unpaired) electrons. The molecule has 2 amide bonds. The van der Waals surface area contributed by atoms with Crippen LogP contribution in [0.1, 0.15) is 28.4 Å². The number of anilines is 2. The summed E-state index contributed by atoms with van der Waals surface area (Å²) >= 11 is 6.10. The van der Waals surface area contributed by atoms with Crippen molar-refractivity contribution in [3.63, 3.8) is 0 Å². The number of ether oxygens (including phenoxy) is 1. The van der Waals surface area contributed by atoms with Crippen molar-refractivity contribution in [3.8, 4) is 0 Å². The van der Waals surface area contributed by atoms with Crippen LogP contribution in [0.5, 0.6) is 0 Å². The van der Waals surface area contributed by atoms with E-state index in [0.29, 0.717) is 5.69 Å². The van der Waals surface area contributed by atoms with Crippen LogP contribution in [-0.2, 0) is 14.3 Å². The Morgan fingerprint density at radius 1 is 1.15 bits per heavy atom. The predicted octanol–water partition coefficient (Wildman–Crippen LogP) is 3.74. The Labute approximate surface area is 163 Å². The van der Waals surface area contributed by atoms with Gasteiger partial charge in [0.15, 0.2) is 0 Å². The number of benzene rings is 2. The molecule has 0 fully saturated rings. The van der Waals surface area contributed by atoms with E-state index in [9.17, 15) is 14.4 Å². The molecule has 0 aliphatic carbocycles. The summed E-state index contributed by atoms with van der Waals surface area (Å²) in [5.74, 6) is -1.23. The summed E-state index contributed by atoms with van der Waals surface area (Å²) in [4.78, 5) is 37.7. The van der Waals surface area contributed by atoms with Gasteiger partial charge >= 0.3 is 5.97 Å². The molecule has 0 atom stereocenters. The zero-order valence-electron chi connectivity index (χ0n) is 15.6. The maximum Gasteiger partial charge on any atom is 0.337 e. The first-order valence-electron chi connectivity index (χ1n) is 8.26. The molecule has 142 valence electrons. The highest BCUT2D eigenvalue weighted by molar-refractivity contribution is 6.34. The second kappa shape index (κ2) is 8.68. The van der Waals surface area contributed by atoms with Crippen LogP contribution in [-0.4, -0.2) is 31.4 Å². The SMILES string of the molecule is COC(=O)c1ccc(Cl)c(NC(=O)CN(C(C)=O)c2cccc(C)c2C)c1. The van der Waals surface area contributed by atoms with Gasteiger partial charge in [0.05, 0.1) is 23.4 Å². The number of nitrogens with zero attached hydrogens (tertiary/aromatic N) is 1. The fourth-order valence-electron chi connectivity index (χ4n) is 2.59. The van der Waals surface area contributed by atoms with Gasteiger partial charge in [0.1, 0.15) is 6.54 Å². The van der Waals surface area contributed by atoms with Crippen molar-refractivity contribution in [1.82, 2.24) is 0 Å². The first kappa shape index (κ1) is 20.5. The van der Waals surface area contributed by atoms with Crippen LogP contribution >= 0.6 is 11.6 Å². The molecule has 2 aromatic carbocycles. The number of rotatable bonds is 5. The minimum Gasteiger partial charge on any atom is -0.465 e. The normalized spacial score (nSPS) is 10.3. The zero-order valence-corrected chi connectivity index (χ0v) is 16.4. The number of nitrogens with one attached hydrogen (secondary N) is 1. The molecule has 0 aliphatic rings. The van der Waals surface area contributed by atoms with Crippen molar-refractivity contribution in [2.24, 2.45) is 0 Å². The molecule has 2 aromatic rings. The smallest absolute Gasteiger partial charge is 0.337 e. The number of halogens is 1. The van der Waals surface area contributed by atoms with E-state index in [2.05, 4.69) is 10.1 Å². The van der Waals surface area contributed by atoms with Crippen LogP contribution in [0, 0.1) is 13.8 Å². The maximum atomic E-state index is 12.5. The second-order valence-corrected chi connectivity index (χ2v) is 6.47. The summed E-state index contributed by atoms with van der Waals surface area (Å²) in [5, 5.41) is 2.92. The Balaban J connectivity index is 2.24. The highest BCUT2D eigenvalue weighted by Gasteiger charge is 2.19. The highest BCUT2D eigenvalue weighted by Crippen LogP contribution is 2.25. The number of aryl methyl sites for hydroxylation is 1. The Hall–Kier alpha value is -2.86. The number of carbonyl (C=O) groups excluding carboxylic acids is 3. The van der Waals surface area contributed by atoms with Crippen molar-refractivity contribution >= 4 is 40.8 Å². The van der Waals surface area contributed by atoms with Gasteiger partial charge in [0, 0.05) is 12.6 Å². The van der Waals surface area contributed by atoms with Crippen LogP contribution < -0.4 is 10.2 Å². The van der Waals surface area contributed by atoms with Crippen molar-refractivity contribution in [1.29, 1.82) is 0 Å². The fourth-order valence-corrected chi connectivity index (χ4v) is 2.76. The molecule has 0 bridgehead atoms. The summed E-state index contributed by atoms with van der Waals surface area (Å²) in [5.41, 5.74) is 3.15. The van der Waals surface area contributed by atoms with Crippen LogP contribution in [0.25, 0.3) is 0 Å². The molecule has 0 saturated carbocycles.